The lowest BCUT2D eigenvalue weighted by atomic mass is 10.1. The van der Waals surface area contributed by atoms with E-state index in [1.54, 1.807) is 18.2 Å². The van der Waals surface area contributed by atoms with Gasteiger partial charge in [-0.25, -0.2) is 4.98 Å². The first-order valence-electron chi connectivity index (χ1n) is 5.36. The number of fused-ring (bicyclic) bond motifs is 3. The lowest BCUT2D eigenvalue weighted by Crippen LogP contribution is -2.12. The van der Waals surface area contributed by atoms with Crippen molar-refractivity contribution in [1.29, 1.82) is 0 Å². The highest BCUT2D eigenvalue weighted by Gasteiger charge is 2.38. The Morgan fingerprint density at radius 2 is 2.11 bits per heavy atom. The molecule has 0 aliphatic carbocycles. The number of nitrogens with zero attached hydrogens (tertiary/aromatic N) is 2. The fraction of sp³-hybridized carbons (Fsp3) is 0.250. The number of aliphatic hydroxyl groups excluding tert-OH is 1. The highest BCUT2D eigenvalue weighted by Crippen LogP contribution is 2.38. The van der Waals surface area contributed by atoms with Gasteiger partial charge in [-0.15, -0.1) is 0 Å². The minimum Gasteiger partial charge on any atom is -0.392 e. The van der Waals surface area contributed by atoms with Gasteiger partial charge in [-0.1, -0.05) is 18.2 Å². The maximum atomic E-state index is 12.7. The Balaban J connectivity index is 2.12. The molecule has 0 bridgehead atoms. The molecule has 6 heteroatoms. The molecule has 0 atom stereocenters. The molecule has 18 heavy (non-hydrogen) atoms. The molecule has 2 aromatic rings. The molecule has 0 spiro atoms. The molecule has 1 aromatic heterocycles. The first-order chi connectivity index (χ1) is 8.50. The highest BCUT2D eigenvalue weighted by molar-refractivity contribution is 5.66. The van der Waals surface area contributed by atoms with Crippen LogP contribution in [0.2, 0.25) is 0 Å². The number of benzene rings is 1. The van der Waals surface area contributed by atoms with Crippen molar-refractivity contribution < 1.29 is 18.3 Å². The van der Waals surface area contributed by atoms with Crippen LogP contribution in [0, 0.1) is 0 Å². The molecule has 0 saturated heterocycles. The van der Waals surface area contributed by atoms with Gasteiger partial charge in [-0.3, -0.25) is 0 Å². The molecule has 0 amide bonds. The molecule has 1 aliphatic heterocycles. The monoisotopic (exact) mass is 254 g/mol. The molecule has 1 N–H and O–H groups in total. The molecule has 94 valence electrons. The molecule has 2 heterocycles. The molecular weight excluding hydrogens is 245 g/mol. The van der Waals surface area contributed by atoms with E-state index in [-0.39, 0.29) is 13.2 Å². The number of aromatic nitrogens is 2. The molecule has 0 saturated carbocycles. The van der Waals surface area contributed by atoms with Crippen molar-refractivity contribution in [3.8, 4) is 11.4 Å². The van der Waals surface area contributed by atoms with Crippen LogP contribution in [0.15, 0.2) is 24.4 Å². The predicted molar refractivity (Wildman–Crippen MR) is 57.7 cm³/mol. The van der Waals surface area contributed by atoms with E-state index in [1.165, 1.54) is 0 Å². The predicted octanol–water partition coefficient (Wildman–Crippen LogP) is 2.42. The van der Waals surface area contributed by atoms with Crippen LogP contribution in [0.1, 0.15) is 16.8 Å². The number of hydrogen-bond acceptors (Lipinski definition) is 2. The number of imidazole rings is 1. The van der Waals surface area contributed by atoms with Gasteiger partial charge in [0.05, 0.1) is 19.3 Å². The SMILES string of the molecule is OCc1ccc2c(c1)Cn1c(C(F)(F)F)cnc1-2. The molecule has 1 aromatic carbocycles. The standard InChI is InChI=1S/C12H9F3N2O/c13-12(14,15)10-4-16-11-9-2-1-7(6-18)3-8(9)5-17(10)11/h1-4,18H,5-6H2. The minimum absolute atomic E-state index is 0.123. The normalized spacial score (nSPS) is 13.6. The molecule has 3 nitrogen and oxygen atoms in total. The third-order valence-electron chi connectivity index (χ3n) is 3.07. The van der Waals surface area contributed by atoms with Gasteiger partial charge in [0, 0.05) is 5.56 Å². The smallest absolute Gasteiger partial charge is 0.392 e. The largest absolute Gasteiger partial charge is 0.433 e. The Morgan fingerprint density at radius 3 is 2.78 bits per heavy atom. The number of rotatable bonds is 1. The zero-order chi connectivity index (χ0) is 12.9. The fourth-order valence-corrected chi connectivity index (χ4v) is 2.24. The molecule has 0 unspecified atom stereocenters. The lowest BCUT2D eigenvalue weighted by molar-refractivity contribution is -0.143. The second kappa shape index (κ2) is 3.58. The Morgan fingerprint density at radius 1 is 1.33 bits per heavy atom. The first kappa shape index (κ1) is 11.3. The van der Waals surface area contributed by atoms with Gasteiger partial charge in [0.15, 0.2) is 0 Å². The van der Waals surface area contributed by atoms with Gasteiger partial charge in [-0.05, 0) is 11.1 Å². The zero-order valence-corrected chi connectivity index (χ0v) is 9.20. The van der Waals surface area contributed by atoms with Crippen molar-refractivity contribution in [2.24, 2.45) is 0 Å². The van der Waals surface area contributed by atoms with E-state index in [9.17, 15) is 13.2 Å². The first-order valence-corrected chi connectivity index (χ1v) is 5.36. The van der Waals surface area contributed by atoms with E-state index >= 15 is 0 Å². The van der Waals surface area contributed by atoms with Crippen LogP contribution in [0.25, 0.3) is 11.4 Å². The van der Waals surface area contributed by atoms with Gasteiger partial charge in [0.25, 0.3) is 0 Å². The zero-order valence-electron chi connectivity index (χ0n) is 9.20. The molecular formula is C12H9F3N2O. The fourth-order valence-electron chi connectivity index (χ4n) is 2.24. The van der Waals surface area contributed by atoms with E-state index in [1.807, 2.05) is 0 Å². The summed E-state index contributed by atoms with van der Waals surface area (Å²) in [4.78, 5) is 3.84. The maximum Gasteiger partial charge on any atom is 0.433 e. The molecule has 3 rings (SSSR count). The summed E-state index contributed by atoms with van der Waals surface area (Å²) in [5, 5.41) is 9.02. The van der Waals surface area contributed by atoms with E-state index in [0.29, 0.717) is 17.0 Å². The van der Waals surface area contributed by atoms with Crippen LogP contribution in [0.5, 0.6) is 0 Å². The highest BCUT2D eigenvalue weighted by atomic mass is 19.4. The second-order valence-corrected chi connectivity index (χ2v) is 4.20. The summed E-state index contributed by atoms with van der Waals surface area (Å²) < 4.78 is 39.4. The van der Waals surface area contributed by atoms with Crippen LogP contribution in [0.4, 0.5) is 13.2 Å². The Kier molecular flexibility index (Phi) is 2.25. The lowest BCUT2D eigenvalue weighted by Gasteiger charge is -2.08. The Bertz CT molecular complexity index is 616. The minimum atomic E-state index is -4.40. The van der Waals surface area contributed by atoms with Crippen LogP contribution >= 0.6 is 0 Å². The molecule has 1 aliphatic rings. The summed E-state index contributed by atoms with van der Waals surface area (Å²) in [5.41, 5.74) is 1.41. The van der Waals surface area contributed by atoms with Gasteiger partial charge < -0.3 is 9.67 Å². The summed E-state index contributed by atoms with van der Waals surface area (Å²) >= 11 is 0. The van der Waals surface area contributed by atoms with Crippen molar-refractivity contribution in [3.63, 3.8) is 0 Å². The van der Waals surface area contributed by atoms with E-state index in [0.717, 1.165) is 16.3 Å². The van der Waals surface area contributed by atoms with Crippen molar-refractivity contribution in [1.82, 2.24) is 9.55 Å². The summed E-state index contributed by atoms with van der Waals surface area (Å²) in [7, 11) is 0. The van der Waals surface area contributed by atoms with E-state index in [4.69, 9.17) is 5.11 Å². The summed E-state index contributed by atoms with van der Waals surface area (Å²) in [6, 6.07) is 5.10. The maximum absolute atomic E-state index is 12.7. The van der Waals surface area contributed by atoms with Gasteiger partial charge in [0.2, 0.25) is 0 Å². The number of halogens is 3. The van der Waals surface area contributed by atoms with Gasteiger partial charge in [0.1, 0.15) is 11.5 Å². The summed E-state index contributed by atoms with van der Waals surface area (Å²) in [6.45, 7) is 0.0229. The van der Waals surface area contributed by atoms with Crippen molar-refractivity contribution in [2.45, 2.75) is 19.3 Å². The second-order valence-electron chi connectivity index (χ2n) is 4.20. The molecule has 0 radical (unpaired) electrons. The number of alkyl halides is 3. The quantitative estimate of drug-likeness (QED) is 0.724. The van der Waals surface area contributed by atoms with Crippen LogP contribution in [-0.2, 0) is 19.3 Å². The average Bonchev–Trinajstić information content (AvgIpc) is 2.84. The summed E-state index contributed by atoms with van der Waals surface area (Å²) in [5.74, 6) is 0.335. The van der Waals surface area contributed by atoms with Crippen molar-refractivity contribution >= 4 is 0 Å². The molecule has 0 fully saturated rings. The van der Waals surface area contributed by atoms with Crippen LogP contribution in [0.3, 0.4) is 0 Å². The van der Waals surface area contributed by atoms with Crippen molar-refractivity contribution in [2.75, 3.05) is 0 Å². The third kappa shape index (κ3) is 1.53. The Labute approximate surface area is 101 Å². The Hall–Kier alpha value is -1.82. The average molecular weight is 254 g/mol. The topological polar surface area (TPSA) is 38.0 Å². The van der Waals surface area contributed by atoms with Gasteiger partial charge >= 0.3 is 6.18 Å². The summed E-state index contributed by atoms with van der Waals surface area (Å²) in [6.07, 6.45) is -3.54. The van der Waals surface area contributed by atoms with E-state index in [2.05, 4.69) is 4.98 Å². The van der Waals surface area contributed by atoms with E-state index < -0.39 is 11.9 Å². The van der Waals surface area contributed by atoms with Crippen LogP contribution < -0.4 is 0 Å². The third-order valence-corrected chi connectivity index (χ3v) is 3.07. The van der Waals surface area contributed by atoms with Gasteiger partial charge in [-0.2, -0.15) is 13.2 Å². The number of aliphatic hydroxyl groups is 1. The van der Waals surface area contributed by atoms with Crippen LogP contribution in [-0.4, -0.2) is 14.7 Å². The van der Waals surface area contributed by atoms with Crippen molar-refractivity contribution in [3.05, 3.63) is 41.2 Å². The number of hydrogen-bond donors (Lipinski definition) is 1.